The van der Waals surface area contributed by atoms with E-state index in [9.17, 15) is 5.11 Å². The molecule has 28 heavy (non-hydrogen) atoms. The topological polar surface area (TPSA) is 54.4 Å². The van der Waals surface area contributed by atoms with E-state index in [1.165, 1.54) is 11.1 Å². The number of morpholine rings is 1. The summed E-state index contributed by atoms with van der Waals surface area (Å²) in [7, 11) is 1.70. The number of nitrogens with zero attached hydrogens (tertiary/aromatic N) is 2. The highest BCUT2D eigenvalue weighted by Crippen LogP contribution is 2.55. The third kappa shape index (κ3) is 3.03. The largest absolute Gasteiger partial charge is 0.493 e. The zero-order valence-corrected chi connectivity index (χ0v) is 16.6. The molecule has 4 aliphatic rings. The molecule has 0 bridgehead atoms. The van der Waals surface area contributed by atoms with Crippen LogP contribution in [0.25, 0.3) is 0 Å². The lowest BCUT2D eigenvalue weighted by molar-refractivity contribution is 0.0322. The third-order valence-corrected chi connectivity index (χ3v) is 6.87. The normalized spacial score (nSPS) is 32.4. The van der Waals surface area contributed by atoms with Gasteiger partial charge >= 0.3 is 0 Å². The fourth-order valence-corrected chi connectivity index (χ4v) is 5.29. The molecular formula is C22H30N2O4. The Balaban J connectivity index is 1.43. The van der Waals surface area contributed by atoms with Crippen LogP contribution in [-0.4, -0.2) is 80.2 Å². The van der Waals surface area contributed by atoms with Crippen LogP contribution < -0.4 is 9.47 Å². The van der Waals surface area contributed by atoms with Crippen LogP contribution in [0.1, 0.15) is 24.0 Å². The minimum atomic E-state index is -0.431. The number of methoxy groups -OCH3 is 1. The minimum Gasteiger partial charge on any atom is -0.493 e. The Hall–Kier alpha value is -1.60. The quantitative estimate of drug-likeness (QED) is 0.793. The summed E-state index contributed by atoms with van der Waals surface area (Å²) in [5.74, 6) is 1.69. The first-order chi connectivity index (χ1) is 13.7. The molecule has 1 aliphatic carbocycles. The van der Waals surface area contributed by atoms with Crippen molar-refractivity contribution in [2.45, 2.75) is 37.0 Å². The van der Waals surface area contributed by atoms with Crippen molar-refractivity contribution in [2.75, 3.05) is 53.0 Å². The summed E-state index contributed by atoms with van der Waals surface area (Å²) >= 11 is 0. The number of ether oxygens (including phenoxy) is 3. The van der Waals surface area contributed by atoms with E-state index in [-0.39, 0.29) is 11.5 Å². The van der Waals surface area contributed by atoms with Crippen molar-refractivity contribution in [3.63, 3.8) is 0 Å². The second-order valence-electron chi connectivity index (χ2n) is 8.42. The van der Waals surface area contributed by atoms with Crippen molar-refractivity contribution in [1.82, 2.24) is 9.80 Å². The predicted octanol–water partition coefficient (Wildman–Crippen LogP) is 1.55. The first-order valence-corrected chi connectivity index (χ1v) is 10.5. The molecule has 152 valence electrons. The van der Waals surface area contributed by atoms with Gasteiger partial charge in [-0.2, -0.15) is 0 Å². The summed E-state index contributed by atoms with van der Waals surface area (Å²) in [6.45, 7) is 7.88. The second-order valence-corrected chi connectivity index (χ2v) is 8.42. The van der Waals surface area contributed by atoms with E-state index in [2.05, 4.69) is 21.9 Å². The number of aliphatic hydroxyl groups is 1. The lowest BCUT2D eigenvalue weighted by Gasteiger charge is -2.36. The molecule has 1 aromatic carbocycles. The van der Waals surface area contributed by atoms with Gasteiger partial charge in [-0.1, -0.05) is 18.2 Å². The van der Waals surface area contributed by atoms with Crippen molar-refractivity contribution in [1.29, 1.82) is 0 Å². The minimum absolute atomic E-state index is 0.0169. The van der Waals surface area contributed by atoms with Crippen molar-refractivity contribution in [3.05, 3.63) is 35.4 Å². The van der Waals surface area contributed by atoms with E-state index in [0.29, 0.717) is 6.42 Å². The summed E-state index contributed by atoms with van der Waals surface area (Å²) in [6, 6.07) is 4.24. The van der Waals surface area contributed by atoms with Gasteiger partial charge in [-0.25, -0.2) is 0 Å². The molecule has 1 fully saturated rings. The zero-order valence-electron chi connectivity index (χ0n) is 16.6. The molecule has 0 saturated carbocycles. The Morgan fingerprint density at radius 2 is 2.00 bits per heavy atom. The molecule has 6 heteroatoms. The van der Waals surface area contributed by atoms with Crippen LogP contribution in [0.15, 0.2) is 24.3 Å². The summed E-state index contributed by atoms with van der Waals surface area (Å²) in [5.41, 5.74) is 2.47. The number of hydrogen-bond donors (Lipinski definition) is 1. The predicted molar refractivity (Wildman–Crippen MR) is 106 cm³/mol. The van der Waals surface area contributed by atoms with Gasteiger partial charge in [0.1, 0.15) is 6.10 Å². The van der Waals surface area contributed by atoms with E-state index in [1.807, 2.05) is 12.1 Å². The highest BCUT2D eigenvalue weighted by Gasteiger charge is 2.52. The van der Waals surface area contributed by atoms with Gasteiger partial charge in [0.2, 0.25) is 0 Å². The smallest absolute Gasteiger partial charge is 0.166 e. The zero-order chi connectivity index (χ0) is 19.1. The molecule has 1 saturated heterocycles. The SMILES string of the molecule is COc1ccc2c3c1O[C@H]1C[C@H](O)C=C[C@]31CCN(CCN1CCOCC1)C2. The molecule has 0 radical (unpaired) electrons. The van der Waals surface area contributed by atoms with Crippen molar-refractivity contribution < 1.29 is 19.3 Å². The van der Waals surface area contributed by atoms with Crippen LogP contribution in [0.3, 0.4) is 0 Å². The number of rotatable bonds is 4. The first kappa shape index (κ1) is 18.4. The summed E-state index contributed by atoms with van der Waals surface area (Å²) in [4.78, 5) is 5.07. The van der Waals surface area contributed by atoms with Gasteiger partial charge < -0.3 is 19.3 Å². The monoisotopic (exact) mass is 386 g/mol. The van der Waals surface area contributed by atoms with Crippen LogP contribution in [0.4, 0.5) is 0 Å². The van der Waals surface area contributed by atoms with Gasteiger partial charge in [0.05, 0.1) is 31.8 Å². The Kier molecular flexibility index (Phi) is 4.83. The highest BCUT2D eigenvalue weighted by atomic mass is 16.5. The molecule has 5 rings (SSSR count). The maximum Gasteiger partial charge on any atom is 0.166 e. The Labute approximate surface area is 166 Å². The fourth-order valence-electron chi connectivity index (χ4n) is 5.29. The molecule has 1 aromatic rings. The lowest BCUT2D eigenvalue weighted by atomic mass is 9.69. The van der Waals surface area contributed by atoms with Gasteiger partial charge in [-0.3, -0.25) is 9.80 Å². The second kappa shape index (κ2) is 7.34. The van der Waals surface area contributed by atoms with Crippen molar-refractivity contribution >= 4 is 0 Å². The van der Waals surface area contributed by atoms with Gasteiger partial charge in [-0.05, 0) is 24.6 Å². The maximum absolute atomic E-state index is 10.2. The third-order valence-electron chi connectivity index (χ3n) is 6.87. The van der Waals surface area contributed by atoms with Crippen LogP contribution in [-0.2, 0) is 16.7 Å². The van der Waals surface area contributed by atoms with Crippen LogP contribution in [0.2, 0.25) is 0 Å². The van der Waals surface area contributed by atoms with E-state index in [0.717, 1.165) is 70.4 Å². The van der Waals surface area contributed by atoms with E-state index < -0.39 is 6.10 Å². The summed E-state index contributed by atoms with van der Waals surface area (Å²) in [6.07, 6.45) is 5.38. The van der Waals surface area contributed by atoms with Gasteiger partial charge in [0.15, 0.2) is 11.5 Å². The molecule has 3 atom stereocenters. The standard InChI is InChI=1S/C22H30N2O4/c1-26-18-3-2-16-15-24(9-8-23-10-12-27-13-11-23)7-6-22-5-4-17(25)14-19(22)28-21(18)20(16)22/h2-5,17,19,25H,6-15H2,1H3/t17-,19+,22-/m1/s1. The fraction of sp³-hybridized carbons (Fsp3) is 0.636. The van der Waals surface area contributed by atoms with Crippen molar-refractivity contribution in [3.8, 4) is 11.5 Å². The lowest BCUT2D eigenvalue weighted by Crippen LogP contribution is -2.44. The number of benzene rings is 1. The molecular weight excluding hydrogens is 356 g/mol. The molecule has 6 nitrogen and oxygen atoms in total. The van der Waals surface area contributed by atoms with Crippen LogP contribution >= 0.6 is 0 Å². The van der Waals surface area contributed by atoms with Gasteiger partial charge in [0.25, 0.3) is 0 Å². The van der Waals surface area contributed by atoms with E-state index in [4.69, 9.17) is 14.2 Å². The average Bonchev–Trinajstić information content (AvgIpc) is 2.96. The van der Waals surface area contributed by atoms with Crippen LogP contribution in [0.5, 0.6) is 11.5 Å². The van der Waals surface area contributed by atoms with Crippen molar-refractivity contribution in [2.24, 2.45) is 0 Å². The van der Waals surface area contributed by atoms with Gasteiger partial charge in [-0.15, -0.1) is 0 Å². The molecule has 0 aromatic heterocycles. The number of hydrogen-bond acceptors (Lipinski definition) is 6. The molecule has 0 unspecified atom stereocenters. The molecule has 1 spiro atoms. The first-order valence-electron chi connectivity index (χ1n) is 10.5. The molecule has 3 heterocycles. The van der Waals surface area contributed by atoms with E-state index >= 15 is 0 Å². The van der Waals surface area contributed by atoms with E-state index in [1.54, 1.807) is 7.11 Å². The highest BCUT2D eigenvalue weighted by molar-refractivity contribution is 5.61. The summed E-state index contributed by atoms with van der Waals surface area (Å²) < 4.78 is 17.5. The molecule has 1 N–H and O–H groups in total. The summed E-state index contributed by atoms with van der Waals surface area (Å²) in [5, 5.41) is 10.2. The molecule has 3 aliphatic heterocycles. The molecule has 0 amide bonds. The Bertz CT molecular complexity index is 761. The average molecular weight is 386 g/mol. The van der Waals surface area contributed by atoms with Gasteiger partial charge in [0, 0.05) is 44.7 Å². The Morgan fingerprint density at radius 1 is 1.18 bits per heavy atom. The number of aliphatic hydroxyl groups excluding tert-OH is 1. The Morgan fingerprint density at radius 3 is 2.82 bits per heavy atom. The maximum atomic E-state index is 10.2. The van der Waals surface area contributed by atoms with Crippen LogP contribution in [0, 0.1) is 0 Å².